The summed E-state index contributed by atoms with van der Waals surface area (Å²) in [5.74, 6) is 1.91. The fourth-order valence-electron chi connectivity index (χ4n) is 4.47. The zero-order chi connectivity index (χ0) is 24.2. The van der Waals surface area contributed by atoms with E-state index in [4.69, 9.17) is 9.47 Å². The summed E-state index contributed by atoms with van der Waals surface area (Å²) in [6.07, 6.45) is 3.61. The molecule has 1 atom stereocenters. The highest BCUT2D eigenvalue weighted by atomic mass is 32.2. The van der Waals surface area contributed by atoms with Crippen molar-refractivity contribution in [2.75, 3.05) is 30.9 Å². The quantitative estimate of drug-likeness (QED) is 0.326. The molecular weight excluding hydrogens is 464 g/mol. The molecular formula is C26H28N4O4S. The molecule has 3 heterocycles. The Labute approximate surface area is 208 Å². The molecule has 1 unspecified atom stereocenters. The minimum absolute atomic E-state index is 0.00645. The van der Waals surface area contributed by atoms with Crippen LogP contribution in [0.2, 0.25) is 0 Å². The fourth-order valence-corrected chi connectivity index (χ4v) is 5.31. The van der Waals surface area contributed by atoms with Crippen molar-refractivity contribution >= 4 is 29.1 Å². The largest absolute Gasteiger partial charge is 0.497 e. The molecule has 2 aromatic carbocycles. The maximum Gasteiger partial charge on any atom is 0.227 e. The zero-order valence-electron chi connectivity index (χ0n) is 19.7. The smallest absolute Gasteiger partial charge is 0.227 e. The number of carbonyl (C=O) groups is 2. The van der Waals surface area contributed by atoms with Gasteiger partial charge in [0.15, 0.2) is 16.8 Å². The van der Waals surface area contributed by atoms with Gasteiger partial charge in [0.2, 0.25) is 5.91 Å². The Morgan fingerprint density at radius 1 is 1.11 bits per heavy atom. The second kappa shape index (κ2) is 10.6. The van der Waals surface area contributed by atoms with E-state index >= 15 is 0 Å². The Morgan fingerprint density at radius 2 is 1.91 bits per heavy atom. The van der Waals surface area contributed by atoms with Crippen molar-refractivity contribution in [1.29, 1.82) is 0 Å². The Bertz CT molecular complexity index is 1190. The molecule has 3 aromatic rings. The number of benzene rings is 2. The predicted molar refractivity (Wildman–Crippen MR) is 134 cm³/mol. The van der Waals surface area contributed by atoms with Crippen LogP contribution in [0.15, 0.2) is 53.7 Å². The number of aromatic nitrogens is 3. The molecule has 2 fully saturated rings. The van der Waals surface area contributed by atoms with Crippen LogP contribution in [0.1, 0.15) is 36.0 Å². The minimum atomic E-state index is 0.00645. The van der Waals surface area contributed by atoms with E-state index in [1.54, 1.807) is 24.1 Å². The number of ether oxygens (including phenoxy) is 2. The molecule has 8 nitrogen and oxygen atoms in total. The van der Waals surface area contributed by atoms with Crippen LogP contribution in [0.4, 0.5) is 5.69 Å². The monoisotopic (exact) mass is 492 g/mol. The van der Waals surface area contributed by atoms with Crippen molar-refractivity contribution in [1.82, 2.24) is 14.8 Å². The minimum Gasteiger partial charge on any atom is -0.497 e. The number of Topliss-reactive ketones (excluding diaryl/α,β-unsaturated/α-hetero) is 1. The maximum absolute atomic E-state index is 12.9. The number of carbonyl (C=O) groups excluding carboxylic acids is 2. The number of ketones is 1. The average molecular weight is 493 g/mol. The Balaban J connectivity index is 1.31. The summed E-state index contributed by atoms with van der Waals surface area (Å²) >= 11 is 1.38. The summed E-state index contributed by atoms with van der Waals surface area (Å²) in [4.78, 5) is 26.7. The van der Waals surface area contributed by atoms with E-state index in [0.29, 0.717) is 23.7 Å². The molecule has 9 heteroatoms. The molecule has 2 saturated heterocycles. The summed E-state index contributed by atoms with van der Waals surface area (Å²) in [7, 11) is 1.64. The molecule has 2 aliphatic heterocycles. The second-order valence-corrected chi connectivity index (χ2v) is 9.63. The molecule has 0 saturated carbocycles. The first-order valence-electron chi connectivity index (χ1n) is 11.9. The van der Waals surface area contributed by atoms with Crippen LogP contribution in [-0.2, 0) is 16.1 Å². The number of hydrogen-bond donors (Lipinski definition) is 0. The number of amides is 1. The molecule has 0 spiro atoms. The third-order valence-corrected chi connectivity index (χ3v) is 7.35. The topological polar surface area (TPSA) is 86.6 Å². The summed E-state index contributed by atoms with van der Waals surface area (Å²) in [5, 5.41) is 9.55. The van der Waals surface area contributed by atoms with Crippen molar-refractivity contribution in [3.05, 3.63) is 54.1 Å². The molecule has 0 radical (unpaired) electrons. The third-order valence-electron chi connectivity index (χ3n) is 6.38. The van der Waals surface area contributed by atoms with Gasteiger partial charge in [-0.25, -0.2) is 0 Å². The van der Waals surface area contributed by atoms with Crippen LogP contribution in [0.3, 0.4) is 0 Å². The number of methoxy groups -OCH3 is 1. The van der Waals surface area contributed by atoms with Crippen molar-refractivity contribution in [3.8, 4) is 17.1 Å². The SMILES string of the molecule is COc1ccc(-c2nnc(SCC(=O)c3ccc(N4CCCC4=O)cc3)n2CC2CCCO2)cc1. The molecule has 0 bridgehead atoms. The van der Waals surface area contributed by atoms with Gasteiger partial charge >= 0.3 is 0 Å². The van der Waals surface area contributed by atoms with E-state index in [9.17, 15) is 9.59 Å². The van der Waals surface area contributed by atoms with Crippen molar-refractivity contribution < 1.29 is 19.1 Å². The first-order chi connectivity index (χ1) is 17.1. The first kappa shape index (κ1) is 23.6. The van der Waals surface area contributed by atoms with Gasteiger partial charge in [0.1, 0.15) is 5.75 Å². The third kappa shape index (κ3) is 5.26. The number of rotatable bonds is 9. The molecule has 1 aromatic heterocycles. The van der Waals surface area contributed by atoms with E-state index < -0.39 is 0 Å². The van der Waals surface area contributed by atoms with Crippen molar-refractivity contribution in [2.24, 2.45) is 0 Å². The van der Waals surface area contributed by atoms with Gasteiger partial charge in [-0.3, -0.25) is 14.2 Å². The Morgan fingerprint density at radius 3 is 2.57 bits per heavy atom. The Kier molecular flexibility index (Phi) is 7.15. The number of hydrogen-bond acceptors (Lipinski definition) is 7. The fraction of sp³-hybridized carbons (Fsp3) is 0.385. The lowest BCUT2D eigenvalue weighted by Gasteiger charge is -2.16. The molecule has 35 heavy (non-hydrogen) atoms. The predicted octanol–water partition coefficient (Wildman–Crippen LogP) is 4.23. The molecule has 0 N–H and O–H groups in total. The average Bonchev–Trinajstić information content (AvgIpc) is 3.65. The van der Waals surface area contributed by atoms with Crippen LogP contribution in [0.5, 0.6) is 5.75 Å². The summed E-state index contributed by atoms with van der Waals surface area (Å²) in [6.45, 7) is 2.15. The molecule has 0 aliphatic carbocycles. The van der Waals surface area contributed by atoms with Crippen LogP contribution in [0, 0.1) is 0 Å². The van der Waals surface area contributed by atoms with E-state index in [2.05, 4.69) is 14.8 Å². The lowest BCUT2D eigenvalue weighted by atomic mass is 10.1. The van der Waals surface area contributed by atoms with Crippen LogP contribution >= 0.6 is 11.8 Å². The van der Waals surface area contributed by atoms with E-state index in [-0.39, 0.29) is 23.5 Å². The van der Waals surface area contributed by atoms with Gasteiger partial charge in [0, 0.05) is 36.4 Å². The van der Waals surface area contributed by atoms with Gasteiger partial charge < -0.3 is 14.4 Å². The van der Waals surface area contributed by atoms with Gasteiger partial charge in [-0.2, -0.15) is 0 Å². The normalized spacial score (nSPS) is 17.8. The number of thioether (sulfide) groups is 1. The van der Waals surface area contributed by atoms with Crippen molar-refractivity contribution in [2.45, 2.75) is 43.5 Å². The van der Waals surface area contributed by atoms with E-state index in [0.717, 1.165) is 55.2 Å². The number of nitrogens with zero attached hydrogens (tertiary/aromatic N) is 4. The van der Waals surface area contributed by atoms with Crippen molar-refractivity contribution in [3.63, 3.8) is 0 Å². The van der Waals surface area contributed by atoms with Crippen LogP contribution < -0.4 is 9.64 Å². The molecule has 5 rings (SSSR count). The summed E-state index contributed by atoms with van der Waals surface area (Å²) in [6, 6.07) is 15.0. The Hall–Kier alpha value is -3.17. The first-order valence-corrected chi connectivity index (χ1v) is 12.9. The van der Waals surface area contributed by atoms with Gasteiger partial charge in [0.05, 0.1) is 25.5 Å². The standard InChI is InChI=1S/C26H28N4O4S/c1-33-21-12-8-19(9-13-21)25-27-28-26(30(25)16-22-4-3-15-34-22)35-17-23(31)18-6-10-20(11-7-18)29-14-2-5-24(29)32/h6-13,22H,2-5,14-17H2,1H3. The zero-order valence-corrected chi connectivity index (χ0v) is 20.5. The molecule has 182 valence electrons. The highest BCUT2D eigenvalue weighted by Crippen LogP contribution is 2.28. The summed E-state index contributed by atoms with van der Waals surface area (Å²) in [5.41, 5.74) is 2.40. The highest BCUT2D eigenvalue weighted by molar-refractivity contribution is 7.99. The lowest BCUT2D eigenvalue weighted by molar-refractivity contribution is -0.117. The lowest BCUT2D eigenvalue weighted by Crippen LogP contribution is -2.23. The molecule has 2 aliphatic rings. The van der Waals surface area contributed by atoms with Gasteiger partial charge in [0.25, 0.3) is 0 Å². The van der Waals surface area contributed by atoms with E-state index in [1.165, 1.54) is 11.8 Å². The van der Waals surface area contributed by atoms with Gasteiger partial charge in [-0.05, 0) is 67.8 Å². The summed E-state index contributed by atoms with van der Waals surface area (Å²) < 4.78 is 13.2. The highest BCUT2D eigenvalue weighted by Gasteiger charge is 2.24. The second-order valence-electron chi connectivity index (χ2n) is 8.69. The van der Waals surface area contributed by atoms with E-state index in [1.807, 2.05) is 36.4 Å². The van der Waals surface area contributed by atoms with Gasteiger partial charge in [-0.1, -0.05) is 11.8 Å². The van der Waals surface area contributed by atoms with Gasteiger partial charge in [-0.15, -0.1) is 10.2 Å². The molecule has 1 amide bonds. The van der Waals surface area contributed by atoms with Crippen LogP contribution in [-0.4, -0.2) is 58.6 Å². The number of anilines is 1. The maximum atomic E-state index is 12.9. The van der Waals surface area contributed by atoms with Crippen LogP contribution in [0.25, 0.3) is 11.4 Å².